The van der Waals surface area contributed by atoms with Crippen LogP contribution < -0.4 is 4.74 Å². The molecule has 1 aromatic carbocycles. The van der Waals surface area contributed by atoms with Crippen molar-refractivity contribution in [2.45, 2.75) is 0 Å². The van der Waals surface area contributed by atoms with Gasteiger partial charge in [-0.25, -0.2) is 9.18 Å². The SMILES string of the molecule is [2H]COC(=O)c1cc(F)ccc1OC[2H]. The fourth-order valence-electron chi connectivity index (χ4n) is 0.865. The van der Waals surface area contributed by atoms with Gasteiger partial charge in [-0.15, -0.1) is 0 Å². The van der Waals surface area contributed by atoms with Gasteiger partial charge in [-0.05, 0) is 18.2 Å². The van der Waals surface area contributed by atoms with Crippen LogP contribution in [-0.2, 0) is 4.74 Å². The van der Waals surface area contributed by atoms with Gasteiger partial charge in [-0.1, -0.05) is 0 Å². The van der Waals surface area contributed by atoms with Gasteiger partial charge in [0.25, 0.3) is 0 Å². The largest absolute Gasteiger partial charge is 0.496 e. The van der Waals surface area contributed by atoms with Gasteiger partial charge in [0.1, 0.15) is 17.1 Å². The standard InChI is InChI=1S/C9H9FO3/c1-12-8-4-3-6(10)5-7(8)9(11)13-2/h3-5H,1-2H3/i1D,2D. The molecule has 0 amide bonds. The fourth-order valence-corrected chi connectivity index (χ4v) is 0.865. The summed E-state index contributed by atoms with van der Waals surface area (Å²) in [6.45, 7) is 0. The average Bonchev–Trinajstić information content (AvgIpc) is 2.21. The topological polar surface area (TPSA) is 35.5 Å². The van der Waals surface area contributed by atoms with E-state index in [4.69, 9.17) is 7.48 Å². The summed E-state index contributed by atoms with van der Waals surface area (Å²) in [6.07, 6.45) is 0. The molecule has 0 N–H and O–H groups in total. The highest BCUT2D eigenvalue weighted by atomic mass is 19.1. The number of hydrogen-bond acceptors (Lipinski definition) is 3. The van der Waals surface area contributed by atoms with Crippen LogP contribution in [0.1, 0.15) is 13.1 Å². The predicted molar refractivity (Wildman–Crippen MR) is 44.3 cm³/mol. The van der Waals surface area contributed by atoms with Gasteiger partial charge in [0, 0.05) is 0 Å². The fraction of sp³-hybridized carbons (Fsp3) is 0.222. The Labute approximate surface area is 77.9 Å². The monoisotopic (exact) mass is 186 g/mol. The molecule has 0 aliphatic carbocycles. The lowest BCUT2D eigenvalue weighted by Gasteiger charge is -2.05. The highest BCUT2D eigenvalue weighted by Crippen LogP contribution is 2.19. The van der Waals surface area contributed by atoms with Crippen LogP contribution in [0.2, 0.25) is 0 Å². The van der Waals surface area contributed by atoms with E-state index in [1.165, 1.54) is 6.07 Å². The van der Waals surface area contributed by atoms with Crippen LogP contribution in [0.15, 0.2) is 18.2 Å². The molecule has 0 aliphatic heterocycles. The molecule has 0 heterocycles. The van der Waals surface area contributed by atoms with E-state index in [0.29, 0.717) is 0 Å². The van der Waals surface area contributed by atoms with Gasteiger partial charge in [0.05, 0.1) is 16.9 Å². The second-order valence-electron chi connectivity index (χ2n) is 2.22. The van der Waals surface area contributed by atoms with E-state index in [2.05, 4.69) is 4.74 Å². The molecule has 0 radical (unpaired) electrons. The zero-order valence-corrected chi connectivity index (χ0v) is 6.75. The Kier molecular flexibility index (Phi) is 2.06. The molecule has 0 saturated carbocycles. The molecule has 0 saturated heterocycles. The molecule has 0 aliphatic rings. The van der Waals surface area contributed by atoms with E-state index in [1.807, 2.05) is 0 Å². The molecule has 0 spiro atoms. The third kappa shape index (κ3) is 1.96. The summed E-state index contributed by atoms with van der Waals surface area (Å²) in [7, 11) is -0.928. The molecule has 0 atom stereocenters. The van der Waals surface area contributed by atoms with E-state index in [-0.39, 0.29) is 18.4 Å². The van der Waals surface area contributed by atoms with Crippen LogP contribution in [0.25, 0.3) is 0 Å². The lowest BCUT2D eigenvalue weighted by atomic mass is 10.2. The first kappa shape index (κ1) is 6.88. The van der Waals surface area contributed by atoms with Gasteiger partial charge in [0.15, 0.2) is 0 Å². The highest BCUT2D eigenvalue weighted by molar-refractivity contribution is 5.92. The molecule has 1 rings (SSSR count). The molecule has 0 unspecified atom stereocenters. The first-order valence-electron chi connectivity index (χ1n) is 4.78. The van der Waals surface area contributed by atoms with Gasteiger partial charge in [-0.2, -0.15) is 0 Å². The van der Waals surface area contributed by atoms with Crippen molar-refractivity contribution in [2.75, 3.05) is 14.2 Å². The molecule has 4 heteroatoms. The minimum atomic E-state index is -0.840. The predicted octanol–water partition coefficient (Wildman–Crippen LogP) is 1.62. The van der Waals surface area contributed by atoms with Crippen molar-refractivity contribution in [1.29, 1.82) is 0 Å². The first-order valence-corrected chi connectivity index (χ1v) is 3.37. The lowest BCUT2D eigenvalue weighted by Crippen LogP contribution is -2.04. The van der Waals surface area contributed by atoms with E-state index >= 15 is 0 Å². The third-order valence-electron chi connectivity index (χ3n) is 1.45. The second-order valence-corrected chi connectivity index (χ2v) is 2.22. The van der Waals surface area contributed by atoms with Crippen molar-refractivity contribution in [2.24, 2.45) is 0 Å². The molecule has 0 fully saturated rings. The van der Waals surface area contributed by atoms with Gasteiger partial charge in [0.2, 0.25) is 0 Å². The number of benzene rings is 1. The summed E-state index contributed by atoms with van der Waals surface area (Å²) < 4.78 is 35.5. The Bertz CT molecular complexity index is 357. The van der Waals surface area contributed by atoms with Crippen LogP contribution in [0, 0.1) is 5.82 Å². The Morgan fingerprint density at radius 1 is 1.54 bits per heavy atom. The summed E-state index contributed by atoms with van der Waals surface area (Å²) in [5.74, 6) is -1.37. The van der Waals surface area contributed by atoms with Crippen molar-refractivity contribution in [3.63, 3.8) is 0 Å². The normalized spacial score (nSPS) is 11.5. The lowest BCUT2D eigenvalue weighted by molar-refractivity contribution is 0.0596. The molecule has 13 heavy (non-hydrogen) atoms. The highest BCUT2D eigenvalue weighted by Gasteiger charge is 2.12. The van der Waals surface area contributed by atoms with E-state index < -0.39 is 18.9 Å². The summed E-state index contributed by atoms with van der Waals surface area (Å²) in [5.41, 5.74) is -0.116. The maximum atomic E-state index is 12.8. The number of halogens is 1. The third-order valence-corrected chi connectivity index (χ3v) is 1.45. The van der Waals surface area contributed by atoms with E-state index in [1.54, 1.807) is 0 Å². The summed E-state index contributed by atoms with van der Waals surface area (Å²) in [5, 5.41) is 0. The van der Waals surface area contributed by atoms with Crippen LogP contribution in [0.3, 0.4) is 0 Å². The minimum absolute atomic E-state index is 0.0739. The molecule has 0 aromatic heterocycles. The summed E-state index contributed by atoms with van der Waals surface area (Å²) in [6, 6.07) is 3.30. The molecule has 70 valence electrons. The van der Waals surface area contributed by atoms with Crippen molar-refractivity contribution >= 4 is 5.97 Å². The molecule has 0 bridgehead atoms. The van der Waals surface area contributed by atoms with Crippen LogP contribution >= 0.6 is 0 Å². The average molecular weight is 186 g/mol. The molecular formula is C9H9FO3. The maximum Gasteiger partial charge on any atom is 0.341 e. The molecular weight excluding hydrogens is 175 g/mol. The molecule has 3 nitrogen and oxygen atoms in total. The van der Waals surface area contributed by atoms with Crippen molar-refractivity contribution < 1.29 is 21.4 Å². The Morgan fingerprint density at radius 3 is 3.08 bits per heavy atom. The van der Waals surface area contributed by atoms with Crippen molar-refractivity contribution in [3.05, 3.63) is 29.6 Å². The number of ether oxygens (including phenoxy) is 2. The van der Waals surface area contributed by atoms with Crippen molar-refractivity contribution in [3.8, 4) is 5.75 Å². The Morgan fingerprint density at radius 2 is 2.38 bits per heavy atom. The Hall–Kier alpha value is -1.58. The zero-order chi connectivity index (χ0) is 11.3. The van der Waals surface area contributed by atoms with Crippen LogP contribution in [-0.4, -0.2) is 20.1 Å². The minimum Gasteiger partial charge on any atom is -0.496 e. The number of carbonyl (C=O) groups is 1. The van der Waals surface area contributed by atoms with Crippen LogP contribution in [0.5, 0.6) is 5.75 Å². The van der Waals surface area contributed by atoms with Gasteiger partial charge < -0.3 is 9.47 Å². The smallest absolute Gasteiger partial charge is 0.341 e. The van der Waals surface area contributed by atoms with Gasteiger partial charge in [-0.3, -0.25) is 0 Å². The summed E-state index contributed by atoms with van der Waals surface area (Å²) >= 11 is 0. The molecule has 1 aromatic rings. The summed E-state index contributed by atoms with van der Waals surface area (Å²) in [4.78, 5) is 11.2. The number of hydrogen-bond donors (Lipinski definition) is 0. The second kappa shape index (κ2) is 3.89. The van der Waals surface area contributed by atoms with Crippen LogP contribution in [0.4, 0.5) is 4.39 Å². The Balaban J connectivity index is 3.00. The quantitative estimate of drug-likeness (QED) is 0.658. The van der Waals surface area contributed by atoms with Crippen molar-refractivity contribution in [1.82, 2.24) is 0 Å². The number of carbonyl (C=O) groups excluding carboxylic acids is 1. The maximum absolute atomic E-state index is 12.8. The number of esters is 1. The van der Waals surface area contributed by atoms with Gasteiger partial charge >= 0.3 is 5.97 Å². The first-order chi connectivity index (χ1) is 7.19. The van der Waals surface area contributed by atoms with E-state index in [9.17, 15) is 9.18 Å². The zero-order valence-electron chi connectivity index (χ0n) is 8.75. The number of methoxy groups -OCH3 is 2. The number of rotatable bonds is 2. The van der Waals surface area contributed by atoms with E-state index in [0.717, 1.165) is 12.1 Å².